The molecule has 1 fully saturated rings. The van der Waals surface area contributed by atoms with Gasteiger partial charge >= 0.3 is 5.97 Å². The Morgan fingerprint density at radius 2 is 1.95 bits per heavy atom. The van der Waals surface area contributed by atoms with Crippen molar-refractivity contribution >= 4 is 11.9 Å². The minimum Gasteiger partial charge on any atom is -0.481 e. The predicted molar refractivity (Wildman–Crippen MR) is 73.6 cm³/mol. The molecule has 0 saturated heterocycles. The van der Waals surface area contributed by atoms with E-state index in [0.29, 0.717) is 31.8 Å². The molecule has 0 aliphatic heterocycles. The second-order valence-electron chi connectivity index (χ2n) is 5.77. The first-order valence-corrected chi connectivity index (χ1v) is 7.20. The summed E-state index contributed by atoms with van der Waals surface area (Å²) in [6.07, 6.45) is 5.32. The average molecular weight is 270 g/mol. The standard InChI is InChI=1S/C14H26N2O3/c1-11-5-7-14(10-15,8-6-11)13(19)16-9-3-2-4-12(17)18/h11H,2-10,15H2,1H3,(H,16,19)(H,17,18). The SMILES string of the molecule is CC1CCC(CN)(C(=O)NCCCCC(=O)O)CC1. The molecule has 1 rings (SSSR count). The van der Waals surface area contributed by atoms with E-state index in [0.717, 1.165) is 25.7 Å². The van der Waals surface area contributed by atoms with E-state index >= 15 is 0 Å². The van der Waals surface area contributed by atoms with E-state index in [-0.39, 0.29) is 17.7 Å². The number of carbonyl (C=O) groups excluding carboxylic acids is 1. The van der Waals surface area contributed by atoms with Gasteiger partial charge in [0.25, 0.3) is 0 Å². The maximum absolute atomic E-state index is 12.2. The highest BCUT2D eigenvalue weighted by molar-refractivity contribution is 5.83. The molecule has 0 atom stereocenters. The van der Waals surface area contributed by atoms with Crippen molar-refractivity contribution in [2.75, 3.05) is 13.1 Å². The molecular formula is C14H26N2O3. The molecular weight excluding hydrogens is 244 g/mol. The molecule has 0 aromatic carbocycles. The molecule has 1 saturated carbocycles. The zero-order chi connectivity index (χ0) is 14.3. The fraction of sp³-hybridized carbons (Fsp3) is 0.857. The van der Waals surface area contributed by atoms with Gasteiger partial charge in [-0.15, -0.1) is 0 Å². The number of hydrogen-bond donors (Lipinski definition) is 3. The summed E-state index contributed by atoms with van der Waals surface area (Å²) in [5.41, 5.74) is 5.43. The summed E-state index contributed by atoms with van der Waals surface area (Å²) in [7, 11) is 0. The second-order valence-corrected chi connectivity index (χ2v) is 5.77. The Hall–Kier alpha value is -1.10. The van der Waals surface area contributed by atoms with Gasteiger partial charge in [-0.05, 0) is 44.4 Å². The van der Waals surface area contributed by atoms with Crippen LogP contribution in [-0.2, 0) is 9.59 Å². The van der Waals surface area contributed by atoms with E-state index in [9.17, 15) is 9.59 Å². The van der Waals surface area contributed by atoms with E-state index in [2.05, 4.69) is 12.2 Å². The van der Waals surface area contributed by atoms with E-state index < -0.39 is 5.97 Å². The van der Waals surface area contributed by atoms with Gasteiger partial charge in [0.2, 0.25) is 5.91 Å². The first-order valence-electron chi connectivity index (χ1n) is 7.20. The van der Waals surface area contributed by atoms with E-state index in [1.54, 1.807) is 0 Å². The third-order valence-electron chi connectivity index (χ3n) is 4.21. The van der Waals surface area contributed by atoms with Crippen molar-refractivity contribution in [2.24, 2.45) is 17.1 Å². The van der Waals surface area contributed by atoms with Gasteiger partial charge in [-0.25, -0.2) is 0 Å². The average Bonchev–Trinajstić information content (AvgIpc) is 2.39. The fourth-order valence-corrected chi connectivity index (χ4v) is 2.63. The molecule has 0 spiro atoms. The van der Waals surface area contributed by atoms with Crippen LogP contribution in [0.3, 0.4) is 0 Å². The number of aliphatic carboxylic acids is 1. The molecule has 0 radical (unpaired) electrons. The molecule has 0 unspecified atom stereocenters. The van der Waals surface area contributed by atoms with Crippen molar-refractivity contribution in [1.29, 1.82) is 0 Å². The summed E-state index contributed by atoms with van der Waals surface area (Å²) in [6, 6.07) is 0. The predicted octanol–water partition coefficient (Wildman–Crippen LogP) is 1.51. The van der Waals surface area contributed by atoms with Crippen LogP contribution in [0, 0.1) is 11.3 Å². The topological polar surface area (TPSA) is 92.4 Å². The van der Waals surface area contributed by atoms with Crippen molar-refractivity contribution < 1.29 is 14.7 Å². The number of carboxylic acid groups (broad SMARTS) is 1. The third-order valence-corrected chi connectivity index (χ3v) is 4.21. The fourth-order valence-electron chi connectivity index (χ4n) is 2.63. The van der Waals surface area contributed by atoms with Crippen LogP contribution in [0.2, 0.25) is 0 Å². The highest BCUT2D eigenvalue weighted by Crippen LogP contribution is 2.38. The summed E-state index contributed by atoms with van der Waals surface area (Å²) in [4.78, 5) is 22.6. The summed E-state index contributed by atoms with van der Waals surface area (Å²) < 4.78 is 0. The number of rotatable bonds is 7. The Morgan fingerprint density at radius 1 is 1.32 bits per heavy atom. The second kappa shape index (κ2) is 7.48. The molecule has 0 heterocycles. The van der Waals surface area contributed by atoms with Crippen LogP contribution in [0.5, 0.6) is 0 Å². The molecule has 4 N–H and O–H groups in total. The molecule has 5 heteroatoms. The number of amides is 1. The lowest BCUT2D eigenvalue weighted by atomic mass is 9.70. The number of nitrogens with two attached hydrogens (primary N) is 1. The van der Waals surface area contributed by atoms with Crippen LogP contribution in [0.4, 0.5) is 0 Å². The Bertz CT molecular complexity index is 310. The zero-order valence-corrected chi connectivity index (χ0v) is 11.8. The van der Waals surface area contributed by atoms with Gasteiger partial charge in [-0.2, -0.15) is 0 Å². The summed E-state index contributed by atoms with van der Waals surface area (Å²) in [6.45, 7) is 3.16. The molecule has 1 aliphatic rings. The Morgan fingerprint density at radius 3 is 2.47 bits per heavy atom. The highest BCUT2D eigenvalue weighted by atomic mass is 16.4. The number of carboxylic acids is 1. The molecule has 1 aliphatic carbocycles. The maximum atomic E-state index is 12.2. The third kappa shape index (κ3) is 4.82. The molecule has 5 nitrogen and oxygen atoms in total. The van der Waals surface area contributed by atoms with Crippen LogP contribution in [-0.4, -0.2) is 30.1 Å². The van der Waals surface area contributed by atoms with Crippen molar-refractivity contribution in [3.8, 4) is 0 Å². The van der Waals surface area contributed by atoms with Crippen LogP contribution in [0.15, 0.2) is 0 Å². The minimum absolute atomic E-state index is 0.0530. The lowest BCUT2D eigenvalue weighted by molar-refractivity contribution is -0.137. The molecule has 0 bridgehead atoms. The smallest absolute Gasteiger partial charge is 0.303 e. The van der Waals surface area contributed by atoms with Gasteiger partial charge in [0, 0.05) is 19.5 Å². The number of nitrogens with one attached hydrogen (secondary N) is 1. The normalized spacial score (nSPS) is 26.9. The van der Waals surface area contributed by atoms with Gasteiger partial charge in [-0.3, -0.25) is 9.59 Å². The van der Waals surface area contributed by atoms with Crippen molar-refractivity contribution in [2.45, 2.75) is 51.9 Å². The summed E-state index contributed by atoms with van der Waals surface area (Å²) in [5, 5.41) is 11.4. The monoisotopic (exact) mass is 270 g/mol. The first-order chi connectivity index (χ1) is 9.00. The Balaban J connectivity index is 2.32. The molecule has 0 aromatic rings. The minimum atomic E-state index is -0.786. The van der Waals surface area contributed by atoms with Crippen molar-refractivity contribution in [1.82, 2.24) is 5.32 Å². The maximum Gasteiger partial charge on any atom is 0.303 e. The lowest BCUT2D eigenvalue weighted by Gasteiger charge is -2.37. The largest absolute Gasteiger partial charge is 0.481 e. The molecule has 0 aromatic heterocycles. The van der Waals surface area contributed by atoms with Gasteiger partial charge < -0.3 is 16.2 Å². The summed E-state index contributed by atoms with van der Waals surface area (Å²) in [5.74, 6) is -0.0497. The molecule has 1 amide bonds. The Kier molecular flexibility index (Phi) is 6.28. The Labute approximate surface area is 114 Å². The van der Waals surface area contributed by atoms with Crippen LogP contribution >= 0.6 is 0 Å². The van der Waals surface area contributed by atoms with Gasteiger partial charge in [0.1, 0.15) is 0 Å². The number of hydrogen-bond acceptors (Lipinski definition) is 3. The van der Waals surface area contributed by atoms with E-state index in [4.69, 9.17) is 10.8 Å². The molecule has 110 valence electrons. The van der Waals surface area contributed by atoms with E-state index in [1.807, 2.05) is 0 Å². The zero-order valence-electron chi connectivity index (χ0n) is 11.8. The number of unbranched alkanes of at least 4 members (excludes halogenated alkanes) is 1. The molecule has 19 heavy (non-hydrogen) atoms. The highest BCUT2D eigenvalue weighted by Gasteiger charge is 2.39. The van der Waals surface area contributed by atoms with Gasteiger partial charge in [0.05, 0.1) is 5.41 Å². The van der Waals surface area contributed by atoms with Crippen LogP contribution < -0.4 is 11.1 Å². The summed E-state index contributed by atoms with van der Waals surface area (Å²) >= 11 is 0. The van der Waals surface area contributed by atoms with Gasteiger partial charge in [0.15, 0.2) is 0 Å². The quantitative estimate of drug-likeness (QED) is 0.611. The van der Waals surface area contributed by atoms with Gasteiger partial charge in [-0.1, -0.05) is 6.92 Å². The first kappa shape index (κ1) is 16.0. The van der Waals surface area contributed by atoms with E-state index in [1.165, 1.54) is 0 Å². The number of carbonyl (C=O) groups is 2. The van der Waals surface area contributed by atoms with Crippen molar-refractivity contribution in [3.63, 3.8) is 0 Å². The lowest BCUT2D eigenvalue weighted by Crippen LogP contribution is -2.48. The van der Waals surface area contributed by atoms with Crippen molar-refractivity contribution in [3.05, 3.63) is 0 Å². The van der Waals surface area contributed by atoms with Crippen LogP contribution in [0.1, 0.15) is 51.9 Å². The van der Waals surface area contributed by atoms with Crippen LogP contribution in [0.25, 0.3) is 0 Å².